The predicted molar refractivity (Wildman–Crippen MR) is 133 cm³/mol. The summed E-state index contributed by atoms with van der Waals surface area (Å²) in [7, 11) is 0. The number of ketones is 1. The predicted octanol–water partition coefficient (Wildman–Crippen LogP) is 4.64. The molecule has 3 rings (SSSR count). The van der Waals surface area contributed by atoms with Crippen molar-refractivity contribution in [1.29, 1.82) is 0 Å². The number of Topliss-reactive ketones (excluding diaryl/α,β-unsaturated/α-hetero) is 1. The maximum Gasteiger partial charge on any atom is 0.350 e. The molecule has 0 radical (unpaired) electrons. The highest BCUT2D eigenvalue weighted by atomic mass is 35.5. The number of hydrogen-bond acceptors (Lipinski definition) is 5. The van der Waals surface area contributed by atoms with E-state index in [0.29, 0.717) is 10.6 Å². The minimum Gasteiger partial charge on any atom is -0.463 e. The van der Waals surface area contributed by atoms with Crippen molar-refractivity contribution in [2.24, 2.45) is 0 Å². The summed E-state index contributed by atoms with van der Waals surface area (Å²) < 4.78 is 7.24. The standard InChI is InChI=1S/C26H28ClN3O4/c1-5-34-23(32)13-14-29-24(19-9-11-21(27)12-10-19)28-30(25(29)33)17-22(31)16-26(3,4)20-8-6-7-18(2)15-20/h6-15H,5,16-17H2,1-4H3/b14-13+. The van der Waals surface area contributed by atoms with Gasteiger partial charge in [0.2, 0.25) is 0 Å². The fraction of sp³-hybridized carbons (Fsp3) is 0.308. The Morgan fingerprint density at radius 1 is 1.15 bits per heavy atom. The molecule has 8 heteroatoms. The van der Waals surface area contributed by atoms with Crippen LogP contribution in [0.25, 0.3) is 17.6 Å². The zero-order valence-electron chi connectivity index (χ0n) is 19.7. The van der Waals surface area contributed by atoms with Crippen LogP contribution < -0.4 is 5.69 Å². The SMILES string of the molecule is CCOC(=O)/C=C/n1c(-c2ccc(Cl)cc2)nn(CC(=O)CC(C)(C)c2cccc(C)c2)c1=O. The molecule has 1 aromatic heterocycles. The van der Waals surface area contributed by atoms with Gasteiger partial charge in [-0.1, -0.05) is 55.3 Å². The Morgan fingerprint density at radius 2 is 1.85 bits per heavy atom. The molecule has 0 saturated carbocycles. The molecular weight excluding hydrogens is 454 g/mol. The number of hydrogen-bond donors (Lipinski definition) is 0. The third kappa shape index (κ3) is 6.11. The summed E-state index contributed by atoms with van der Waals surface area (Å²) in [6.07, 6.45) is 2.69. The smallest absolute Gasteiger partial charge is 0.350 e. The van der Waals surface area contributed by atoms with Crippen LogP contribution in [0, 0.1) is 6.92 Å². The number of benzene rings is 2. The van der Waals surface area contributed by atoms with Crippen molar-refractivity contribution in [2.75, 3.05) is 6.61 Å². The van der Waals surface area contributed by atoms with Gasteiger partial charge in [0.15, 0.2) is 11.6 Å². The number of nitrogens with zero attached hydrogens (tertiary/aromatic N) is 3. The highest BCUT2D eigenvalue weighted by molar-refractivity contribution is 6.30. The van der Waals surface area contributed by atoms with Gasteiger partial charge in [0.1, 0.15) is 6.54 Å². The van der Waals surface area contributed by atoms with Crippen molar-refractivity contribution in [1.82, 2.24) is 14.3 Å². The van der Waals surface area contributed by atoms with Crippen LogP contribution in [-0.2, 0) is 26.3 Å². The summed E-state index contributed by atoms with van der Waals surface area (Å²) in [4.78, 5) is 37.9. The number of carbonyl (C=O) groups excluding carboxylic acids is 2. The average molecular weight is 482 g/mol. The molecule has 2 aromatic carbocycles. The van der Waals surface area contributed by atoms with Crippen molar-refractivity contribution >= 4 is 29.6 Å². The zero-order chi connectivity index (χ0) is 24.9. The van der Waals surface area contributed by atoms with Gasteiger partial charge in [0.25, 0.3) is 0 Å². The van der Waals surface area contributed by atoms with Crippen molar-refractivity contribution in [3.63, 3.8) is 0 Å². The summed E-state index contributed by atoms with van der Waals surface area (Å²) in [6.45, 7) is 7.74. The molecule has 3 aromatic rings. The molecule has 7 nitrogen and oxygen atoms in total. The van der Waals surface area contributed by atoms with Crippen LogP contribution in [0.2, 0.25) is 5.02 Å². The lowest BCUT2D eigenvalue weighted by atomic mass is 9.79. The lowest BCUT2D eigenvalue weighted by molar-refractivity contribution is -0.137. The van der Waals surface area contributed by atoms with E-state index < -0.39 is 17.1 Å². The molecule has 1 heterocycles. The van der Waals surface area contributed by atoms with Crippen molar-refractivity contribution in [3.05, 3.63) is 81.2 Å². The zero-order valence-corrected chi connectivity index (χ0v) is 20.5. The normalized spacial score (nSPS) is 11.7. The average Bonchev–Trinajstić information content (AvgIpc) is 3.07. The van der Waals surface area contributed by atoms with E-state index in [1.807, 2.05) is 39.0 Å². The Kier molecular flexibility index (Phi) is 7.89. The van der Waals surface area contributed by atoms with Gasteiger partial charge in [-0.2, -0.15) is 0 Å². The number of ether oxygens (including phenoxy) is 1. The van der Waals surface area contributed by atoms with E-state index in [2.05, 4.69) is 11.2 Å². The number of rotatable bonds is 9. The van der Waals surface area contributed by atoms with Gasteiger partial charge in [-0.05, 0) is 49.1 Å². The molecule has 34 heavy (non-hydrogen) atoms. The van der Waals surface area contributed by atoms with E-state index in [1.54, 1.807) is 31.2 Å². The van der Waals surface area contributed by atoms with Crippen LogP contribution in [0.1, 0.15) is 38.3 Å². The fourth-order valence-corrected chi connectivity index (χ4v) is 3.79. The van der Waals surface area contributed by atoms with Crippen molar-refractivity contribution in [3.8, 4) is 11.4 Å². The van der Waals surface area contributed by atoms with Crippen LogP contribution in [0.4, 0.5) is 0 Å². The van der Waals surface area contributed by atoms with E-state index in [1.165, 1.54) is 10.8 Å². The van der Waals surface area contributed by atoms with Gasteiger partial charge in [0.05, 0.1) is 6.61 Å². The molecule has 0 atom stereocenters. The monoisotopic (exact) mass is 481 g/mol. The summed E-state index contributed by atoms with van der Waals surface area (Å²) in [6, 6.07) is 14.8. The second-order valence-corrected chi connectivity index (χ2v) is 9.11. The largest absolute Gasteiger partial charge is 0.463 e. The first-order chi connectivity index (χ1) is 16.1. The van der Waals surface area contributed by atoms with E-state index in [4.69, 9.17) is 16.3 Å². The van der Waals surface area contributed by atoms with Gasteiger partial charge in [-0.3, -0.25) is 4.79 Å². The molecule has 0 saturated heterocycles. The molecule has 0 aliphatic rings. The molecule has 0 aliphatic heterocycles. The maximum atomic E-state index is 13.1. The second-order valence-electron chi connectivity index (χ2n) is 8.68. The van der Waals surface area contributed by atoms with Crippen LogP contribution >= 0.6 is 11.6 Å². The lowest BCUT2D eigenvalue weighted by Gasteiger charge is -2.24. The second kappa shape index (κ2) is 10.7. The summed E-state index contributed by atoms with van der Waals surface area (Å²) >= 11 is 5.99. The molecule has 0 N–H and O–H groups in total. The van der Waals surface area contributed by atoms with Gasteiger partial charge in [-0.25, -0.2) is 18.8 Å². The van der Waals surface area contributed by atoms with Gasteiger partial charge >= 0.3 is 11.7 Å². The molecule has 0 unspecified atom stereocenters. The number of esters is 1. The summed E-state index contributed by atoms with van der Waals surface area (Å²) in [5.74, 6) is -0.427. The van der Waals surface area contributed by atoms with Crippen LogP contribution in [0.3, 0.4) is 0 Å². The lowest BCUT2D eigenvalue weighted by Crippen LogP contribution is -2.29. The van der Waals surface area contributed by atoms with Crippen molar-refractivity contribution in [2.45, 2.75) is 46.1 Å². The quantitative estimate of drug-likeness (QED) is 0.328. The van der Waals surface area contributed by atoms with Crippen LogP contribution in [0.15, 0.2) is 59.4 Å². The number of aromatic nitrogens is 3. The molecule has 0 bridgehead atoms. The number of halogens is 1. The van der Waals surface area contributed by atoms with Gasteiger partial charge in [-0.15, -0.1) is 5.10 Å². The fourth-order valence-electron chi connectivity index (χ4n) is 3.66. The highest BCUT2D eigenvalue weighted by Crippen LogP contribution is 2.28. The first-order valence-corrected chi connectivity index (χ1v) is 11.4. The third-order valence-corrected chi connectivity index (χ3v) is 5.64. The number of carbonyl (C=O) groups is 2. The first-order valence-electron chi connectivity index (χ1n) is 11.0. The van der Waals surface area contributed by atoms with E-state index >= 15 is 0 Å². The maximum absolute atomic E-state index is 13.1. The minimum atomic E-state index is -0.583. The Labute approximate surface area is 203 Å². The molecule has 0 fully saturated rings. The number of aryl methyl sites for hydroxylation is 1. The van der Waals surface area contributed by atoms with E-state index in [9.17, 15) is 14.4 Å². The molecule has 0 spiro atoms. The Morgan fingerprint density at radius 3 is 2.50 bits per heavy atom. The van der Waals surface area contributed by atoms with Crippen LogP contribution in [-0.4, -0.2) is 32.7 Å². The molecule has 0 aliphatic carbocycles. The first kappa shape index (κ1) is 25.2. The van der Waals surface area contributed by atoms with Crippen molar-refractivity contribution < 1.29 is 14.3 Å². The third-order valence-electron chi connectivity index (χ3n) is 5.38. The van der Waals surface area contributed by atoms with Crippen LogP contribution in [0.5, 0.6) is 0 Å². The van der Waals surface area contributed by atoms with E-state index in [-0.39, 0.29) is 31.2 Å². The Hall–Kier alpha value is -3.45. The van der Waals surface area contributed by atoms with E-state index in [0.717, 1.165) is 21.9 Å². The van der Waals surface area contributed by atoms with Gasteiger partial charge in [0, 0.05) is 29.3 Å². The Bertz CT molecular complexity index is 1270. The molecule has 0 amide bonds. The topological polar surface area (TPSA) is 83.2 Å². The minimum absolute atomic E-state index is 0.129. The Balaban J connectivity index is 1.91. The highest BCUT2D eigenvalue weighted by Gasteiger charge is 2.25. The summed E-state index contributed by atoms with van der Waals surface area (Å²) in [5.41, 5.74) is 1.85. The van der Waals surface area contributed by atoms with Gasteiger partial charge < -0.3 is 4.74 Å². The molecule has 178 valence electrons. The molecular formula is C26H28ClN3O4. The summed E-state index contributed by atoms with van der Waals surface area (Å²) in [5, 5.41) is 4.93.